The van der Waals surface area contributed by atoms with Crippen LogP contribution in [0.5, 0.6) is 0 Å². The number of carboxylic acid groups (broad SMARTS) is 1. The molecule has 0 unspecified atom stereocenters. The molecule has 2 aromatic carbocycles. The largest absolute Gasteiger partial charge is 0.480 e. The van der Waals surface area contributed by atoms with Crippen molar-refractivity contribution in [2.45, 2.75) is 25.7 Å². The fourth-order valence-electron chi connectivity index (χ4n) is 3.87. The van der Waals surface area contributed by atoms with Gasteiger partial charge in [-0.25, -0.2) is 0 Å². The second kappa shape index (κ2) is 6.95. The number of hydrogen-bond acceptors (Lipinski definition) is 2. The predicted molar refractivity (Wildman–Crippen MR) is 99.5 cm³/mol. The number of para-hydroxylation sites is 1. The van der Waals surface area contributed by atoms with Gasteiger partial charge in [0.1, 0.15) is 6.54 Å². The lowest BCUT2D eigenvalue weighted by Crippen LogP contribution is -2.36. The van der Waals surface area contributed by atoms with Gasteiger partial charge in [-0.1, -0.05) is 18.2 Å². The highest BCUT2D eigenvalue weighted by molar-refractivity contribution is 5.95. The van der Waals surface area contributed by atoms with Gasteiger partial charge in [-0.3, -0.25) is 9.59 Å². The first-order valence-electron chi connectivity index (χ1n) is 9.03. The molecule has 0 atom stereocenters. The molecule has 3 aromatic rings. The van der Waals surface area contributed by atoms with E-state index in [2.05, 4.69) is 0 Å². The van der Waals surface area contributed by atoms with Gasteiger partial charge in [0.2, 0.25) is 0 Å². The zero-order chi connectivity index (χ0) is 20.8. The molecule has 0 aliphatic carbocycles. The number of alkyl halides is 3. The van der Waals surface area contributed by atoms with Crippen LogP contribution in [0.15, 0.2) is 48.5 Å². The van der Waals surface area contributed by atoms with Gasteiger partial charge in [0.05, 0.1) is 5.56 Å². The summed E-state index contributed by atoms with van der Waals surface area (Å²) in [5.74, 6) is -1.30. The molecule has 0 radical (unpaired) electrons. The van der Waals surface area contributed by atoms with Gasteiger partial charge < -0.3 is 14.6 Å². The van der Waals surface area contributed by atoms with Gasteiger partial charge in [-0.2, -0.15) is 13.2 Å². The zero-order valence-corrected chi connectivity index (χ0v) is 15.2. The van der Waals surface area contributed by atoms with Gasteiger partial charge in [-0.15, -0.1) is 0 Å². The number of hydrogen-bond donors (Lipinski definition) is 1. The van der Waals surface area contributed by atoms with E-state index in [0.29, 0.717) is 13.0 Å². The van der Waals surface area contributed by atoms with E-state index in [9.17, 15) is 27.9 Å². The molecule has 0 spiro atoms. The summed E-state index contributed by atoms with van der Waals surface area (Å²) in [5.41, 5.74) is 1.95. The summed E-state index contributed by atoms with van der Waals surface area (Å²) in [5, 5.41) is 10.1. The molecule has 1 amide bonds. The van der Waals surface area contributed by atoms with Crippen LogP contribution in [-0.2, 0) is 30.5 Å². The average molecular weight is 402 g/mol. The average Bonchev–Trinajstić information content (AvgIpc) is 3.00. The Kier molecular flexibility index (Phi) is 4.56. The molecule has 1 aromatic heterocycles. The van der Waals surface area contributed by atoms with Crippen LogP contribution in [0.25, 0.3) is 10.9 Å². The number of nitrogens with zero attached hydrogens (tertiary/aromatic N) is 2. The normalized spacial score (nSPS) is 14.1. The van der Waals surface area contributed by atoms with Crippen LogP contribution >= 0.6 is 0 Å². The molecule has 5 nitrogen and oxygen atoms in total. The van der Waals surface area contributed by atoms with Crippen molar-refractivity contribution in [2.75, 3.05) is 6.54 Å². The topological polar surface area (TPSA) is 62.5 Å². The van der Waals surface area contributed by atoms with E-state index in [1.807, 2.05) is 24.3 Å². The Morgan fingerprint density at radius 1 is 1.03 bits per heavy atom. The SMILES string of the molecule is O=C(O)Cn1c2c(c3ccccc31)CN(C(=O)c1ccc(C(F)(F)F)cc1)CC2. The Morgan fingerprint density at radius 3 is 2.38 bits per heavy atom. The third-order valence-corrected chi connectivity index (χ3v) is 5.20. The maximum absolute atomic E-state index is 12.8. The monoisotopic (exact) mass is 402 g/mol. The van der Waals surface area contributed by atoms with Gasteiger partial charge in [0, 0.05) is 47.2 Å². The van der Waals surface area contributed by atoms with Crippen molar-refractivity contribution in [3.63, 3.8) is 0 Å². The van der Waals surface area contributed by atoms with Crippen LogP contribution < -0.4 is 0 Å². The molecule has 4 rings (SSSR count). The molecule has 8 heteroatoms. The van der Waals surface area contributed by atoms with Crippen LogP contribution in [0.4, 0.5) is 13.2 Å². The molecular formula is C21H17F3N2O3. The van der Waals surface area contributed by atoms with Crippen molar-refractivity contribution in [1.82, 2.24) is 9.47 Å². The maximum Gasteiger partial charge on any atom is 0.416 e. The van der Waals surface area contributed by atoms with Crippen LogP contribution in [0.1, 0.15) is 27.2 Å². The first kappa shape index (κ1) is 19.0. The number of aromatic nitrogens is 1. The fraction of sp³-hybridized carbons (Fsp3) is 0.238. The second-order valence-electron chi connectivity index (χ2n) is 6.97. The van der Waals surface area contributed by atoms with Crippen LogP contribution in [0.3, 0.4) is 0 Å². The van der Waals surface area contributed by atoms with Crippen LogP contribution in [0.2, 0.25) is 0 Å². The first-order chi connectivity index (χ1) is 13.8. The summed E-state index contributed by atoms with van der Waals surface area (Å²) in [6.07, 6.45) is -3.97. The van der Waals surface area contributed by atoms with Crippen LogP contribution in [-0.4, -0.2) is 33.0 Å². The highest BCUT2D eigenvalue weighted by Gasteiger charge is 2.31. The van der Waals surface area contributed by atoms with E-state index < -0.39 is 17.7 Å². The van der Waals surface area contributed by atoms with E-state index in [-0.39, 0.29) is 24.6 Å². The lowest BCUT2D eigenvalue weighted by molar-refractivity contribution is -0.138. The number of carboxylic acids is 1. The number of benzene rings is 2. The maximum atomic E-state index is 12.8. The Balaban J connectivity index is 1.65. The Hall–Kier alpha value is -3.29. The van der Waals surface area contributed by atoms with E-state index in [1.165, 1.54) is 12.1 Å². The Bertz CT molecular complexity index is 1100. The van der Waals surface area contributed by atoms with Crippen LogP contribution in [0, 0.1) is 0 Å². The molecule has 2 heterocycles. The number of halogens is 3. The highest BCUT2D eigenvalue weighted by atomic mass is 19.4. The lowest BCUT2D eigenvalue weighted by Gasteiger charge is -2.28. The third-order valence-electron chi connectivity index (χ3n) is 5.20. The minimum Gasteiger partial charge on any atom is -0.480 e. The smallest absolute Gasteiger partial charge is 0.416 e. The van der Waals surface area contributed by atoms with E-state index in [4.69, 9.17) is 0 Å². The number of carbonyl (C=O) groups excluding carboxylic acids is 1. The zero-order valence-electron chi connectivity index (χ0n) is 15.2. The quantitative estimate of drug-likeness (QED) is 0.722. The Morgan fingerprint density at radius 2 is 1.72 bits per heavy atom. The van der Waals surface area contributed by atoms with Gasteiger partial charge in [0.25, 0.3) is 5.91 Å². The molecule has 0 fully saturated rings. The number of carbonyl (C=O) groups is 2. The summed E-state index contributed by atoms with van der Waals surface area (Å²) >= 11 is 0. The fourth-order valence-corrected chi connectivity index (χ4v) is 3.87. The summed E-state index contributed by atoms with van der Waals surface area (Å²) in [7, 11) is 0. The molecule has 150 valence electrons. The van der Waals surface area contributed by atoms with Gasteiger partial charge >= 0.3 is 12.1 Å². The standard InChI is InChI=1S/C21H17F3N2O3/c22-21(23,24)14-7-5-13(6-8-14)20(29)25-10-9-18-16(11-25)15-3-1-2-4-17(15)26(18)12-19(27)28/h1-8H,9-12H2,(H,27,28). The van der Waals surface area contributed by atoms with Crippen molar-refractivity contribution in [1.29, 1.82) is 0 Å². The third kappa shape index (κ3) is 3.46. The number of aliphatic carboxylic acids is 1. The van der Waals surface area contributed by atoms with E-state index >= 15 is 0 Å². The second-order valence-corrected chi connectivity index (χ2v) is 6.97. The molecule has 0 saturated heterocycles. The molecule has 1 aliphatic rings. The minimum atomic E-state index is -4.45. The summed E-state index contributed by atoms with van der Waals surface area (Å²) in [4.78, 5) is 25.7. The van der Waals surface area contributed by atoms with Crippen molar-refractivity contribution in [3.05, 3.63) is 70.9 Å². The van der Waals surface area contributed by atoms with Gasteiger partial charge in [0.15, 0.2) is 0 Å². The van der Waals surface area contributed by atoms with Crippen molar-refractivity contribution in [3.8, 4) is 0 Å². The van der Waals surface area contributed by atoms with Gasteiger partial charge in [-0.05, 0) is 30.3 Å². The summed E-state index contributed by atoms with van der Waals surface area (Å²) in [6.45, 7) is 0.480. The number of rotatable bonds is 3. The first-order valence-corrected chi connectivity index (χ1v) is 9.03. The summed E-state index contributed by atoms with van der Waals surface area (Å²) in [6, 6.07) is 11.6. The number of amides is 1. The molecule has 0 bridgehead atoms. The minimum absolute atomic E-state index is 0.164. The molecule has 1 N–H and O–H groups in total. The van der Waals surface area contributed by atoms with E-state index in [0.717, 1.165) is 34.3 Å². The lowest BCUT2D eigenvalue weighted by atomic mass is 10.0. The van der Waals surface area contributed by atoms with Crippen molar-refractivity contribution >= 4 is 22.8 Å². The summed E-state index contributed by atoms with van der Waals surface area (Å²) < 4.78 is 40.0. The molecule has 29 heavy (non-hydrogen) atoms. The predicted octanol–water partition coefficient (Wildman–Crippen LogP) is 3.94. The Labute approximate surface area is 164 Å². The van der Waals surface area contributed by atoms with E-state index in [1.54, 1.807) is 9.47 Å². The number of fused-ring (bicyclic) bond motifs is 3. The highest BCUT2D eigenvalue weighted by Crippen LogP contribution is 2.32. The molecule has 0 saturated carbocycles. The molecular weight excluding hydrogens is 385 g/mol. The van der Waals surface area contributed by atoms with Crippen molar-refractivity contribution < 1.29 is 27.9 Å². The van der Waals surface area contributed by atoms with Crippen molar-refractivity contribution in [2.24, 2.45) is 0 Å². The molecule has 1 aliphatic heterocycles.